The van der Waals surface area contributed by atoms with Crippen LogP contribution in [0.3, 0.4) is 0 Å². The Balaban J connectivity index is 2.87. The molecule has 44 valence electrons. The molecule has 0 amide bonds. The maximum absolute atomic E-state index is 5.74. The lowest BCUT2D eigenvalue weighted by Crippen LogP contribution is -2.12. The molecule has 0 atom stereocenters. The molecule has 0 aliphatic carbocycles. The highest BCUT2D eigenvalue weighted by molar-refractivity contribution is 7.52. The molecule has 0 aromatic carbocycles. The van der Waals surface area contributed by atoms with Crippen molar-refractivity contribution in [3.63, 3.8) is 0 Å². The first-order valence-electron chi connectivity index (χ1n) is 2.06. The van der Waals surface area contributed by atoms with E-state index in [1.54, 1.807) is 17.9 Å². The lowest BCUT2D eigenvalue weighted by Gasteiger charge is -2.03. The summed E-state index contributed by atoms with van der Waals surface area (Å²) in [5.41, 5.74) is 1.76. The normalized spacial score (nSPS) is 23.6. The molecule has 0 radical (unpaired) electrons. The summed E-state index contributed by atoms with van der Waals surface area (Å²) in [6.07, 6.45) is 3.52. The Morgan fingerprint density at radius 1 is 1.38 bits per heavy atom. The Kier molecular flexibility index (Phi) is 1.73. The van der Waals surface area contributed by atoms with E-state index in [2.05, 4.69) is 0 Å². The summed E-state index contributed by atoms with van der Waals surface area (Å²) < 4.78 is 0.598. The molecule has 1 heterocycles. The summed E-state index contributed by atoms with van der Waals surface area (Å²) in [7, 11) is 0. The van der Waals surface area contributed by atoms with E-state index in [9.17, 15) is 0 Å². The Morgan fingerprint density at radius 3 is 2.12 bits per heavy atom. The molecular weight excluding hydrogens is 182 g/mol. The van der Waals surface area contributed by atoms with Crippen molar-refractivity contribution >= 4 is 40.5 Å². The SMILES string of the molecule is ClC1=CC=C[Si]1(Cl)Cl. The van der Waals surface area contributed by atoms with Crippen LogP contribution in [-0.2, 0) is 0 Å². The Bertz CT molecular complexity index is 159. The number of allylic oxidation sites excluding steroid dienone is 2. The molecule has 0 nitrogen and oxygen atoms in total. The van der Waals surface area contributed by atoms with Gasteiger partial charge in [0.15, 0.2) is 0 Å². The van der Waals surface area contributed by atoms with E-state index < -0.39 is 6.69 Å². The van der Waals surface area contributed by atoms with Crippen LogP contribution in [0, 0.1) is 0 Å². The van der Waals surface area contributed by atoms with Crippen molar-refractivity contribution in [2.75, 3.05) is 0 Å². The molecule has 0 unspecified atom stereocenters. The van der Waals surface area contributed by atoms with Crippen LogP contribution in [0.25, 0.3) is 0 Å². The number of hydrogen-bond donors (Lipinski definition) is 0. The highest BCUT2D eigenvalue weighted by Crippen LogP contribution is 2.32. The predicted molar refractivity (Wildman–Crippen MR) is 40.5 cm³/mol. The summed E-state index contributed by atoms with van der Waals surface area (Å²) in [4.78, 5) is 0. The van der Waals surface area contributed by atoms with Crippen LogP contribution in [0.5, 0.6) is 0 Å². The van der Waals surface area contributed by atoms with Gasteiger partial charge in [0, 0.05) is 4.66 Å². The minimum atomic E-state index is -2.25. The van der Waals surface area contributed by atoms with Crippen LogP contribution in [-0.4, -0.2) is 6.69 Å². The summed E-state index contributed by atoms with van der Waals surface area (Å²) >= 11 is 17.1. The number of halogens is 3. The summed E-state index contributed by atoms with van der Waals surface area (Å²) in [5.74, 6) is 0. The smallest absolute Gasteiger partial charge is 0.133 e. The number of hydrogen-bond acceptors (Lipinski definition) is 0. The second kappa shape index (κ2) is 2.07. The maximum atomic E-state index is 5.74. The molecule has 0 bridgehead atoms. The topological polar surface area (TPSA) is 0 Å². The van der Waals surface area contributed by atoms with Crippen LogP contribution in [0.1, 0.15) is 0 Å². The summed E-state index contributed by atoms with van der Waals surface area (Å²) in [5, 5.41) is 0. The van der Waals surface area contributed by atoms with Crippen LogP contribution in [0.15, 0.2) is 22.5 Å². The van der Waals surface area contributed by atoms with Gasteiger partial charge >= 0.3 is 6.69 Å². The van der Waals surface area contributed by atoms with Crippen molar-refractivity contribution in [2.24, 2.45) is 0 Å². The van der Waals surface area contributed by atoms with Crippen LogP contribution < -0.4 is 0 Å². The first-order chi connectivity index (χ1) is 3.63. The fraction of sp³-hybridized carbons (Fsp3) is 0. The summed E-state index contributed by atoms with van der Waals surface area (Å²) in [6, 6.07) is 0. The third kappa shape index (κ3) is 1.11. The van der Waals surface area contributed by atoms with Crippen molar-refractivity contribution in [2.45, 2.75) is 0 Å². The van der Waals surface area contributed by atoms with Gasteiger partial charge in [0.2, 0.25) is 0 Å². The molecular formula is C4H3Cl3Si. The molecule has 1 aliphatic heterocycles. The van der Waals surface area contributed by atoms with Gasteiger partial charge in [-0.15, -0.1) is 22.2 Å². The van der Waals surface area contributed by atoms with Gasteiger partial charge in [-0.3, -0.25) is 0 Å². The van der Waals surface area contributed by atoms with E-state index in [4.69, 9.17) is 33.8 Å². The van der Waals surface area contributed by atoms with E-state index in [0.29, 0.717) is 4.66 Å². The summed E-state index contributed by atoms with van der Waals surface area (Å²) in [6.45, 7) is -2.25. The van der Waals surface area contributed by atoms with Gasteiger partial charge in [-0.2, -0.15) is 0 Å². The van der Waals surface area contributed by atoms with Gasteiger partial charge in [0.05, 0.1) is 0 Å². The first-order valence-corrected chi connectivity index (χ1v) is 6.54. The van der Waals surface area contributed by atoms with E-state index in [1.165, 1.54) is 0 Å². The van der Waals surface area contributed by atoms with Crippen molar-refractivity contribution in [3.05, 3.63) is 22.5 Å². The van der Waals surface area contributed by atoms with E-state index >= 15 is 0 Å². The molecule has 8 heavy (non-hydrogen) atoms. The molecule has 0 spiro atoms. The fourth-order valence-corrected chi connectivity index (χ4v) is 2.34. The second-order valence-electron chi connectivity index (χ2n) is 1.50. The Hall–Kier alpha value is 0.567. The average Bonchev–Trinajstić information content (AvgIpc) is 1.86. The largest absolute Gasteiger partial charge is 0.314 e. The molecule has 4 heteroatoms. The fourth-order valence-electron chi connectivity index (χ4n) is 0.444. The second-order valence-corrected chi connectivity index (χ2v) is 8.50. The minimum Gasteiger partial charge on any atom is -0.133 e. The van der Waals surface area contributed by atoms with E-state index in [-0.39, 0.29) is 0 Å². The van der Waals surface area contributed by atoms with Crippen molar-refractivity contribution in [1.82, 2.24) is 0 Å². The molecule has 0 fully saturated rings. The third-order valence-corrected chi connectivity index (χ3v) is 5.86. The molecule has 0 aromatic rings. The Morgan fingerprint density at radius 2 is 2.00 bits per heavy atom. The van der Waals surface area contributed by atoms with Crippen LogP contribution >= 0.6 is 33.8 Å². The quantitative estimate of drug-likeness (QED) is 0.402. The predicted octanol–water partition coefficient (Wildman–Crippen LogP) is 2.68. The lowest BCUT2D eigenvalue weighted by molar-refractivity contribution is 2.11. The zero-order valence-corrected chi connectivity index (χ0v) is 7.13. The van der Waals surface area contributed by atoms with Crippen molar-refractivity contribution in [3.8, 4) is 0 Å². The molecule has 0 N–H and O–H groups in total. The lowest BCUT2D eigenvalue weighted by atomic mass is 10.6. The number of rotatable bonds is 0. The van der Waals surface area contributed by atoms with Crippen molar-refractivity contribution in [1.29, 1.82) is 0 Å². The van der Waals surface area contributed by atoms with Crippen LogP contribution in [0.4, 0.5) is 0 Å². The van der Waals surface area contributed by atoms with Crippen LogP contribution in [0.2, 0.25) is 0 Å². The Labute approximate surface area is 63.2 Å². The minimum absolute atomic E-state index is 0.598. The zero-order chi connectivity index (χ0) is 6.20. The standard InChI is InChI=1S/C4H3Cl3Si/c5-4-2-1-3-8(4,6)7/h1-3H. The highest BCUT2D eigenvalue weighted by atomic mass is 35.7. The average molecular weight is 186 g/mol. The molecule has 0 saturated carbocycles. The molecule has 0 aromatic heterocycles. The monoisotopic (exact) mass is 184 g/mol. The maximum Gasteiger partial charge on any atom is 0.314 e. The first kappa shape index (κ1) is 6.68. The van der Waals surface area contributed by atoms with E-state index in [1.807, 2.05) is 0 Å². The van der Waals surface area contributed by atoms with Gasteiger partial charge in [-0.05, 0) is 6.08 Å². The van der Waals surface area contributed by atoms with Crippen molar-refractivity contribution < 1.29 is 0 Å². The third-order valence-electron chi connectivity index (χ3n) is 0.867. The van der Waals surface area contributed by atoms with E-state index in [0.717, 1.165) is 0 Å². The molecule has 1 rings (SSSR count). The van der Waals surface area contributed by atoms with Gasteiger partial charge in [-0.1, -0.05) is 23.4 Å². The van der Waals surface area contributed by atoms with Gasteiger partial charge in [-0.25, -0.2) is 0 Å². The molecule has 0 saturated heterocycles. The highest BCUT2D eigenvalue weighted by Gasteiger charge is 2.31. The van der Waals surface area contributed by atoms with Gasteiger partial charge in [0.25, 0.3) is 0 Å². The van der Waals surface area contributed by atoms with Gasteiger partial charge < -0.3 is 0 Å². The van der Waals surface area contributed by atoms with Gasteiger partial charge in [0.1, 0.15) is 0 Å². The molecule has 1 aliphatic rings. The zero-order valence-electron chi connectivity index (χ0n) is 3.87.